The fraction of sp³-hybridized carbons (Fsp3) is 0.548. The molecule has 41 heavy (non-hydrogen) atoms. The Kier molecular flexibility index (Phi) is 8.66. The lowest BCUT2D eigenvalue weighted by Gasteiger charge is -2.57. The summed E-state index contributed by atoms with van der Waals surface area (Å²) in [7, 11) is -2.31. The van der Waals surface area contributed by atoms with E-state index in [9.17, 15) is 18.0 Å². The maximum atomic E-state index is 13.9. The number of anilines is 1. The number of halogens is 2. The monoisotopic (exact) mass is 619 g/mol. The van der Waals surface area contributed by atoms with Crippen LogP contribution in [0.2, 0.25) is 10.0 Å². The van der Waals surface area contributed by atoms with Gasteiger partial charge in [-0.15, -0.1) is 0 Å². The van der Waals surface area contributed by atoms with Crippen molar-refractivity contribution in [2.24, 2.45) is 17.8 Å². The van der Waals surface area contributed by atoms with Crippen molar-refractivity contribution < 1.29 is 18.0 Å². The van der Waals surface area contributed by atoms with Crippen LogP contribution in [-0.4, -0.2) is 51.0 Å². The third-order valence-corrected chi connectivity index (χ3v) is 11.4. The molecule has 0 unspecified atom stereocenters. The Morgan fingerprint density at radius 3 is 1.98 bits per heavy atom. The number of likely N-dealkylation sites (N-methyl/N-ethyl adjacent to an activating group) is 1. The minimum atomic E-state index is -3.82. The molecule has 10 heteroatoms. The summed E-state index contributed by atoms with van der Waals surface area (Å²) in [6.45, 7) is 1.31. The molecule has 4 bridgehead atoms. The number of sulfonamides is 1. The molecule has 6 rings (SSSR count). The van der Waals surface area contributed by atoms with Crippen LogP contribution in [0.15, 0.2) is 42.5 Å². The van der Waals surface area contributed by atoms with Crippen LogP contribution in [0.25, 0.3) is 0 Å². The number of carbonyl (C=O) groups excluding carboxylic acids is 2. The average Bonchev–Trinajstić information content (AvgIpc) is 2.91. The second kappa shape index (κ2) is 11.8. The third-order valence-electron chi connectivity index (χ3n) is 9.51. The molecule has 7 nitrogen and oxygen atoms in total. The lowest BCUT2D eigenvalue weighted by Crippen LogP contribution is -2.51. The molecule has 4 saturated carbocycles. The molecule has 0 heterocycles. The van der Waals surface area contributed by atoms with Crippen molar-refractivity contribution in [1.82, 2.24) is 10.2 Å². The summed E-state index contributed by atoms with van der Waals surface area (Å²) in [6, 6.07) is 12.0. The van der Waals surface area contributed by atoms with Crippen molar-refractivity contribution in [3.8, 4) is 0 Å². The highest BCUT2D eigenvalue weighted by molar-refractivity contribution is 7.92. The lowest BCUT2D eigenvalue weighted by molar-refractivity contribution is -0.140. The van der Waals surface area contributed by atoms with E-state index in [1.807, 2.05) is 12.1 Å². The van der Waals surface area contributed by atoms with Crippen LogP contribution < -0.4 is 9.62 Å². The van der Waals surface area contributed by atoms with Crippen LogP contribution in [-0.2, 0) is 31.6 Å². The highest BCUT2D eigenvalue weighted by Gasteiger charge is 2.51. The number of hydrogen-bond acceptors (Lipinski definition) is 4. The first-order valence-corrected chi connectivity index (χ1v) is 17.1. The van der Waals surface area contributed by atoms with E-state index < -0.39 is 28.5 Å². The summed E-state index contributed by atoms with van der Waals surface area (Å²) in [5, 5.41) is 3.34. The zero-order valence-electron chi connectivity index (χ0n) is 23.9. The number of carbonyl (C=O) groups is 2. The standard InChI is InChI=1S/C31H39Cl2N3O4S/c1-4-28(30(38)34-2)35(18-25-26(32)6-5-7-27(25)33)29(37)19-36(41(3,39)40)24-10-8-23(9-11-24)31-15-20-12-21(16-31)14-22(13-20)17-31/h5-11,20-22,28H,4,12-19H2,1-3H3,(H,34,38)/t20?,21?,22?,28-,31?/m1/s1. The van der Waals surface area contributed by atoms with E-state index in [0.29, 0.717) is 27.7 Å². The number of nitrogens with zero attached hydrogens (tertiary/aromatic N) is 2. The quantitative estimate of drug-likeness (QED) is 0.365. The van der Waals surface area contributed by atoms with Crippen LogP contribution in [0.3, 0.4) is 0 Å². The van der Waals surface area contributed by atoms with E-state index in [2.05, 4.69) is 17.4 Å². The second-order valence-electron chi connectivity index (χ2n) is 12.3. The Labute approximate surface area is 253 Å². The number of nitrogens with one attached hydrogen (secondary N) is 1. The van der Waals surface area contributed by atoms with Gasteiger partial charge in [-0.2, -0.15) is 0 Å². The van der Waals surface area contributed by atoms with Crippen molar-refractivity contribution in [2.45, 2.75) is 69.9 Å². The molecular formula is C31H39Cl2N3O4S. The van der Waals surface area contributed by atoms with Crippen molar-refractivity contribution >= 4 is 50.7 Å². The Hall–Kier alpha value is -2.29. The molecule has 0 saturated heterocycles. The number of benzene rings is 2. The normalized spacial score (nSPS) is 25.5. The van der Waals surface area contributed by atoms with E-state index in [1.54, 1.807) is 25.1 Å². The number of hydrogen-bond donors (Lipinski definition) is 1. The maximum Gasteiger partial charge on any atom is 0.244 e. The molecule has 0 radical (unpaired) electrons. The molecule has 1 N–H and O–H groups in total. The Bertz CT molecular complexity index is 1360. The fourth-order valence-electron chi connectivity index (χ4n) is 8.00. The number of amides is 2. The predicted molar refractivity (Wildman–Crippen MR) is 164 cm³/mol. The third kappa shape index (κ3) is 6.11. The maximum absolute atomic E-state index is 13.9. The molecule has 4 aliphatic rings. The minimum absolute atomic E-state index is 0.0359. The van der Waals surface area contributed by atoms with Crippen LogP contribution in [0.5, 0.6) is 0 Å². The minimum Gasteiger partial charge on any atom is -0.357 e. The zero-order valence-corrected chi connectivity index (χ0v) is 26.2. The van der Waals surface area contributed by atoms with E-state index in [0.717, 1.165) is 28.3 Å². The van der Waals surface area contributed by atoms with Gasteiger partial charge in [-0.1, -0.05) is 48.3 Å². The van der Waals surface area contributed by atoms with Gasteiger partial charge in [0.05, 0.1) is 11.9 Å². The first-order chi connectivity index (χ1) is 19.4. The SMILES string of the molecule is CC[C@H](C(=O)NC)N(Cc1c(Cl)cccc1Cl)C(=O)CN(c1ccc(C23CC4CC(CC(C4)C2)C3)cc1)S(C)(=O)=O. The lowest BCUT2D eigenvalue weighted by atomic mass is 9.48. The Morgan fingerprint density at radius 1 is 0.976 bits per heavy atom. The van der Waals surface area contributed by atoms with Gasteiger partial charge in [0.1, 0.15) is 12.6 Å². The summed E-state index contributed by atoms with van der Waals surface area (Å²) >= 11 is 12.8. The molecule has 2 aromatic rings. The highest BCUT2D eigenvalue weighted by atomic mass is 35.5. The van der Waals surface area contributed by atoms with Crippen molar-refractivity contribution in [3.63, 3.8) is 0 Å². The van der Waals surface area contributed by atoms with Crippen molar-refractivity contribution in [2.75, 3.05) is 24.2 Å². The van der Waals surface area contributed by atoms with Crippen LogP contribution in [0.1, 0.15) is 63.0 Å². The molecule has 2 aromatic carbocycles. The molecule has 4 aliphatic carbocycles. The topological polar surface area (TPSA) is 86.8 Å². The Morgan fingerprint density at radius 2 is 1.51 bits per heavy atom. The van der Waals surface area contributed by atoms with E-state index >= 15 is 0 Å². The van der Waals surface area contributed by atoms with Gasteiger partial charge in [-0.25, -0.2) is 8.42 Å². The van der Waals surface area contributed by atoms with Crippen LogP contribution in [0.4, 0.5) is 5.69 Å². The molecule has 0 aromatic heterocycles. The average molecular weight is 621 g/mol. The first-order valence-electron chi connectivity index (χ1n) is 14.5. The zero-order chi connectivity index (χ0) is 29.5. The fourth-order valence-corrected chi connectivity index (χ4v) is 9.37. The van der Waals surface area contributed by atoms with Gasteiger partial charge in [0, 0.05) is 29.2 Å². The Balaban J connectivity index is 1.42. The largest absolute Gasteiger partial charge is 0.357 e. The van der Waals surface area contributed by atoms with E-state index in [-0.39, 0.29) is 17.9 Å². The van der Waals surface area contributed by atoms with Gasteiger partial charge in [-0.3, -0.25) is 13.9 Å². The van der Waals surface area contributed by atoms with Gasteiger partial charge in [0.2, 0.25) is 21.8 Å². The van der Waals surface area contributed by atoms with Gasteiger partial charge in [0.15, 0.2) is 0 Å². The first kappa shape index (κ1) is 30.2. The van der Waals surface area contributed by atoms with Crippen LogP contribution >= 0.6 is 23.2 Å². The molecule has 0 spiro atoms. The van der Waals surface area contributed by atoms with Gasteiger partial charge in [0.25, 0.3) is 0 Å². The van der Waals surface area contributed by atoms with Crippen molar-refractivity contribution in [1.29, 1.82) is 0 Å². The molecule has 222 valence electrons. The molecule has 0 aliphatic heterocycles. The highest BCUT2D eigenvalue weighted by Crippen LogP contribution is 2.60. The van der Waals surface area contributed by atoms with E-state index in [1.165, 1.54) is 56.0 Å². The second-order valence-corrected chi connectivity index (χ2v) is 15.0. The summed E-state index contributed by atoms with van der Waals surface area (Å²) < 4.78 is 27.2. The van der Waals surface area contributed by atoms with Crippen molar-refractivity contribution in [3.05, 3.63) is 63.6 Å². The van der Waals surface area contributed by atoms with E-state index in [4.69, 9.17) is 23.2 Å². The molecular weight excluding hydrogens is 581 g/mol. The summed E-state index contributed by atoms with van der Waals surface area (Å²) in [4.78, 5) is 28.0. The van der Waals surface area contributed by atoms with Crippen LogP contribution in [0, 0.1) is 17.8 Å². The molecule has 1 atom stereocenters. The summed E-state index contributed by atoms with van der Waals surface area (Å²) in [6.07, 6.45) is 9.12. The van der Waals surface area contributed by atoms with Gasteiger partial charge >= 0.3 is 0 Å². The smallest absolute Gasteiger partial charge is 0.244 e. The summed E-state index contributed by atoms with van der Waals surface area (Å²) in [5.74, 6) is 1.53. The van der Waals surface area contributed by atoms with Gasteiger partial charge < -0.3 is 10.2 Å². The molecule has 4 fully saturated rings. The molecule has 2 amide bonds. The predicted octanol–water partition coefficient (Wildman–Crippen LogP) is 5.78. The summed E-state index contributed by atoms with van der Waals surface area (Å²) in [5.41, 5.74) is 2.39. The number of rotatable bonds is 10. The van der Waals surface area contributed by atoms with Gasteiger partial charge in [-0.05, 0) is 97.9 Å².